The van der Waals surface area contributed by atoms with E-state index in [2.05, 4.69) is 4.99 Å². The molecule has 0 aromatic heterocycles. The van der Waals surface area contributed by atoms with Gasteiger partial charge in [0, 0.05) is 12.2 Å². The molecule has 18 heavy (non-hydrogen) atoms. The number of carbonyl (C=O) groups is 1. The Kier molecular flexibility index (Phi) is 4.65. The lowest BCUT2D eigenvalue weighted by Gasteiger charge is -2.21. The first kappa shape index (κ1) is 14.0. The molecule has 1 aromatic rings. The van der Waals surface area contributed by atoms with Crippen molar-refractivity contribution in [1.82, 2.24) is 0 Å². The maximum atomic E-state index is 13.0. The quantitative estimate of drug-likeness (QED) is 0.634. The zero-order valence-electron chi connectivity index (χ0n) is 10.5. The molecule has 0 radical (unpaired) electrons. The van der Waals surface area contributed by atoms with Crippen LogP contribution in [0.1, 0.15) is 18.9 Å². The van der Waals surface area contributed by atoms with Gasteiger partial charge in [0.1, 0.15) is 5.82 Å². The number of hydrogen-bond donors (Lipinski definition) is 2. The molecule has 2 amide bonds. The van der Waals surface area contributed by atoms with Gasteiger partial charge in [-0.1, -0.05) is 6.92 Å². The van der Waals surface area contributed by atoms with Crippen LogP contribution in [0.15, 0.2) is 23.2 Å². The van der Waals surface area contributed by atoms with E-state index in [1.807, 2.05) is 6.92 Å². The van der Waals surface area contributed by atoms with Gasteiger partial charge in [-0.15, -0.1) is 0 Å². The average Bonchev–Trinajstić information content (AvgIpc) is 2.25. The van der Waals surface area contributed by atoms with Crippen molar-refractivity contribution in [3.63, 3.8) is 0 Å². The van der Waals surface area contributed by atoms with Crippen molar-refractivity contribution < 1.29 is 9.18 Å². The van der Waals surface area contributed by atoms with Gasteiger partial charge in [0.2, 0.25) is 0 Å². The third kappa shape index (κ3) is 3.44. The molecule has 0 unspecified atom stereocenters. The van der Waals surface area contributed by atoms with E-state index in [4.69, 9.17) is 11.5 Å². The molecule has 0 spiro atoms. The fourth-order valence-corrected chi connectivity index (χ4v) is 1.64. The molecule has 5 nitrogen and oxygen atoms in total. The zero-order chi connectivity index (χ0) is 13.7. The highest BCUT2D eigenvalue weighted by molar-refractivity contribution is 6.00. The molecule has 0 saturated heterocycles. The molecule has 0 fully saturated rings. The minimum absolute atomic E-state index is 0.291. The summed E-state index contributed by atoms with van der Waals surface area (Å²) >= 11 is 0. The SMILES string of the molecule is CCCN(C(=O)N=C(N)N)c1ccc(F)cc1C. The number of nitrogens with two attached hydrogens (primary N) is 2. The number of guanidine groups is 1. The van der Waals surface area contributed by atoms with Crippen LogP contribution in [-0.2, 0) is 0 Å². The minimum atomic E-state index is -0.549. The van der Waals surface area contributed by atoms with Crippen LogP contribution in [0.4, 0.5) is 14.9 Å². The van der Waals surface area contributed by atoms with Gasteiger partial charge in [0.25, 0.3) is 0 Å². The molecule has 6 heteroatoms. The summed E-state index contributed by atoms with van der Waals surface area (Å²) in [4.78, 5) is 16.8. The Labute approximate surface area is 105 Å². The maximum absolute atomic E-state index is 13.0. The van der Waals surface area contributed by atoms with Crippen molar-refractivity contribution >= 4 is 17.7 Å². The van der Waals surface area contributed by atoms with Crippen LogP contribution in [0.2, 0.25) is 0 Å². The summed E-state index contributed by atoms with van der Waals surface area (Å²) < 4.78 is 13.0. The lowest BCUT2D eigenvalue weighted by Crippen LogP contribution is -2.33. The standard InChI is InChI=1S/C12H17FN4O/c1-3-6-17(12(18)16-11(14)15)10-5-4-9(13)7-8(10)2/h4-5,7H,3,6H2,1-2H3,(H4,14,15,16,18). The number of nitrogens with zero attached hydrogens (tertiary/aromatic N) is 2. The molecule has 0 saturated carbocycles. The highest BCUT2D eigenvalue weighted by Gasteiger charge is 2.16. The molecular weight excluding hydrogens is 235 g/mol. The van der Waals surface area contributed by atoms with Crippen molar-refractivity contribution in [2.45, 2.75) is 20.3 Å². The monoisotopic (exact) mass is 252 g/mol. The van der Waals surface area contributed by atoms with E-state index in [1.165, 1.54) is 17.0 Å². The van der Waals surface area contributed by atoms with Gasteiger partial charge in [0.05, 0.1) is 0 Å². The molecule has 0 aliphatic rings. The summed E-state index contributed by atoms with van der Waals surface area (Å²) in [5.74, 6) is -0.636. The normalized spacial score (nSPS) is 9.94. The number of aliphatic imine (C=N–C) groups is 1. The van der Waals surface area contributed by atoms with Gasteiger partial charge in [0.15, 0.2) is 5.96 Å². The molecule has 0 aliphatic carbocycles. The van der Waals surface area contributed by atoms with E-state index in [1.54, 1.807) is 13.0 Å². The first-order valence-electron chi connectivity index (χ1n) is 5.63. The Hall–Kier alpha value is -2.11. The van der Waals surface area contributed by atoms with Crippen molar-refractivity contribution in [3.8, 4) is 0 Å². The first-order chi connectivity index (χ1) is 8.45. The number of anilines is 1. The second-order valence-corrected chi connectivity index (χ2v) is 3.90. The molecular formula is C12H17FN4O. The molecule has 0 bridgehead atoms. The lowest BCUT2D eigenvalue weighted by molar-refractivity contribution is 0.254. The molecule has 4 N–H and O–H groups in total. The summed E-state index contributed by atoms with van der Waals surface area (Å²) in [6.45, 7) is 4.11. The van der Waals surface area contributed by atoms with Gasteiger partial charge < -0.3 is 11.5 Å². The smallest absolute Gasteiger partial charge is 0.351 e. The fraction of sp³-hybridized carbons (Fsp3) is 0.333. The Bertz CT molecular complexity index is 469. The van der Waals surface area contributed by atoms with Crippen LogP contribution in [0, 0.1) is 12.7 Å². The third-order valence-corrected chi connectivity index (χ3v) is 2.35. The molecule has 0 atom stereocenters. The summed E-state index contributed by atoms with van der Waals surface area (Å²) in [5.41, 5.74) is 11.6. The van der Waals surface area contributed by atoms with E-state index < -0.39 is 6.03 Å². The van der Waals surface area contributed by atoms with Gasteiger partial charge in [-0.05, 0) is 37.1 Å². The van der Waals surface area contributed by atoms with Gasteiger partial charge in [-0.3, -0.25) is 4.90 Å². The zero-order valence-corrected chi connectivity index (χ0v) is 10.5. The second kappa shape index (κ2) is 6.00. The Balaban J connectivity index is 3.11. The van der Waals surface area contributed by atoms with Crippen LogP contribution >= 0.6 is 0 Å². The van der Waals surface area contributed by atoms with E-state index in [0.717, 1.165) is 6.42 Å². The molecule has 0 heterocycles. The van der Waals surface area contributed by atoms with Crippen molar-refractivity contribution in [3.05, 3.63) is 29.6 Å². The highest BCUT2D eigenvalue weighted by atomic mass is 19.1. The van der Waals surface area contributed by atoms with Crippen molar-refractivity contribution in [2.75, 3.05) is 11.4 Å². The van der Waals surface area contributed by atoms with Gasteiger partial charge in [-0.2, -0.15) is 4.99 Å². The molecule has 0 aliphatic heterocycles. The summed E-state index contributed by atoms with van der Waals surface area (Å²) in [6.07, 6.45) is 0.739. The number of urea groups is 1. The molecule has 1 aromatic carbocycles. The molecule has 98 valence electrons. The maximum Gasteiger partial charge on any atom is 0.351 e. The third-order valence-electron chi connectivity index (χ3n) is 2.35. The number of benzene rings is 1. The summed E-state index contributed by atoms with van der Waals surface area (Å²) in [7, 11) is 0. The van der Waals surface area contributed by atoms with Gasteiger partial charge >= 0.3 is 6.03 Å². The van der Waals surface area contributed by atoms with Crippen LogP contribution in [0.3, 0.4) is 0 Å². The minimum Gasteiger partial charge on any atom is -0.370 e. The van der Waals surface area contributed by atoms with Crippen molar-refractivity contribution in [2.24, 2.45) is 16.5 Å². The number of carbonyl (C=O) groups excluding carboxylic acids is 1. The number of rotatable bonds is 3. The van der Waals surface area contributed by atoms with Crippen LogP contribution in [0.25, 0.3) is 0 Å². The van der Waals surface area contributed by atoms with E-state index >= 15 is 0 Å². The summed E-state index contributed by atoms with van der Waals surface area (Å²) in [5, 5.41) is 0. The van der Waals surface area contributed by atoms with Crippen LogP contribution in [-0.4, -0.2) is 18.5 Å². The number of hydrogen-bond acceptors (Lipinski definition) is 1. The number of halogens is 1. The largest absolute Gasteiger partial charge is 0.370 e. The second-order valence-electron chi connectivity index (χ2n) is 3.90. The topological polar surface area (TPSA) is 84.7 Å². The Morgan fingerprint density at radius 2 is 2.11 bits per heavy atom. The number of aryl methyl sites for hydroxylation is 1. The van der Waals surface area contributed by atoms with Crippen LogP contribution < -0.4 is 16.4 Å². The van der Waals surface area contributed by atoms with E-state index in [9.17, 15) is 9.18 Å². The van der Waals surface area contributed by atoms with Crippen molar-refractivity contribution in [1.29, 1.82) is 0 Å². The lowest BCUT2D eigenvalue weighted by atomic mass is 10.1. The van der Waals surface area contributed by atoms with E-state index in [0.29, 0.717) is 17.8 Å². The Morgan fingerprint density at radius 1 is 1.44 bits per heavy atom. The number of amides is 2. The predicted octanol–water partition coefficient (Wildman–Crippen LogP) is 1.74. The Morgan fingerprint density at radius 3 is 2.61 bits per heavy atom. The van der Waals surface area contributed by atoms with Gasteiger partial charge in [-0.25, -0.2) is 9.18 Å². The van der Waals surface area contributed by atoms with E-state index in [-0.39, 0.29) is 11.8 Å². The summed E-state index contributed by atoms with van der Waals surface area (Å²) in [6, 6.07) is 3.65. The van der Waals surface area contributed by atoms with Crippen LogP contribution in [0.5, 0.6) is 0 Å². The average molecular weight is 252 g/mol. The molecule has 1 rings (SSSR count). The first-order valence-corrected chi connectivity index (χ1v) is 5.63. The highest BCUT2D eigenvalue weighted by Crippen LogP contribution is 2.22. The predicted molar refractivity (Wildman–Crippen MR) is 70.0 cm³/mol. The fourth-order valence-electron chi connectivity index (χ4n) is 1.64.